The van der Waals surface area contributed by atoms with Crippen molar-refractivity contribution in [3.8, 4) is 0 Å². The van der Waals surface area contributed by atoms with Crippen molar-refractivity contribution in [3.63, 3.8) is 0 Å². The molecular formula is C15H24O2. The molecule has 3 aliphatic rings. The van der Waals surface area contributed by atoms with Gasteiger partial charge in [-0.2, -0.15) is 0 Å². The third-order valence-electron chi connectivity index (χ3n) is 5.31. The Morgan fingerprint density at radius 2 is 2.00 bits per heavy atom. The fraction of sp³-hybridized carbons (Fsp3) is 0.933. The SMILES string of the molecule is CC(C)OC(=O)C1CC2[C@H](CCCC23CC3)C1. The maximum Gasteiger partial charge on any atom is 0.309 e. The molecule has 96 valence electrons. The maximum atomic E-state index is 12.0. The fourth-order valence-corrected chi connectivity index (χ4v) is 4.40. The van der Waals surface area contributed by atoms with Gasteiger partial charge in [0.25, 0.3) is 0 Å². The molecule has 0 heterocycles. The number of carbonyl (C=O) groups excluding carboxylic acids is 1. The zero-order chi connectivity index (χ0) is 12.0. The lowest BCUT2D eigenvalue weighted by Gasteiger charge is -2.34. The number of ether oxygens (including phenoxy) is 1. The third-order valence-corrected chi connectivity index (χ3v) is 5.31. The molecule has 0 N–H and O–H groups in total. The Morgan fingerprint density at radius 1 is 1.24 bits per heavy atom. The Balaban J connectivity index is 1.66. The monoisotopic (exact) mass is 236 g/mol. The van der Waals surface area contributed by atoms with Gasteiger partial charge in [0.05, 0.1) is 12.0 Å². The highest BCUT2D eigenvalue weighted by atomic mass is 16.5. The van der Waals surface area contributed by atoms with Crippen molar-refractivity contribution in [1.29, 1.82) is 0 Å². The minimum Gasteiger partial charge on any atom is -0.463 e. The predicted molar refractivity (Wildman–Crippen MR) is 66.5 cm³/mol. The largest absolute Gasteiger partial charge is 0.463 e. The molecule has 0 aromatic heterocycles. The van der Waals surface area contributed by atoms with Crippen molar-refractivity contribution >= 4 is 5.97 Å². The van der Waals surface area contributed by atoms with Crippen LogP contribution in [0.15, 0.2) is 0 Å². The van der Waals surface area contributed by atoms with E-state index in [2.05, 4.69) is 0 Å². The van der Waals surface area contributed by atoms with E-state index >= 15 is 0 Å². The first kappa shape index (κ1) is 11.6. The maximum absolute atomic E-state index is 12.0. The van der Waals surface area contributed by atoms with Gasteiger partial charge in [-0.05, 0) is 63.2 Å². The van der Waals surface area contributed by atoms with Gasteiger partial charge in [0.15, 0.2) is 0 Å². The van der Waals surface area contributed by atoms with Crippen LogP contribution in [0, 0.1) is 23.2 Å². The first-order chi connectivity index (χ1) is 8.11. The van der Waals surface area contributed by atoms with E-state index in [9.17, 15) is 4.79 Å². The van der Waals surface area contributed by atoms with Gasteiger partial charge in [0, 0.05) is 0 Å². The lowest BCUT2D eigenvalue weighted by atomic mass is 9.71. The van der Waals surface area contributed by atoms with Crippen LogP contribution >= 0.6 is 0 Å². The molecule has 17 heavy (non-hydrogen) atoms. The molecule has 0 radical (unpaired) electrons. The number of rotatable bonds is 2. The number of hydrogen-bond donors (Lipinski definition) is 0. The summed E-state index contributed by atoms with van der Waals surface area (Å²) in [5, 5.41) is 0. The Labute approximate surface area is 104 Å². The average Bonchev–Trinajstić information content (AvgIpc) is 2.88. The van der Waals surface area contributed by atoms with Crippen LogP contribution in [0.1, 0.15) is 58.8 Å². The Bertz CT molecular complexity index is 317. The van der Waals surface area contributed by atoms with Gasteiger partial charge in [0.1, 0.15) is 0 Å². The van der Waals surface area contributed by atoms with Crippen LogP contribution in [-0.4, -0.2) is 12.1 Å². The summed E-state index contributed by atoms with van der Waals surface area (Å²) in [5.41, 5.74) is 0.676. The van der Waals surface area contributed by atoms with Crippen LogP contribution in [0.3, 0.4) is 0 Å². The van der Waals surface area contributed by atoms with Gasteiger partial charge < -0.3 is 4.74 Å². The van der Waals surface area contributed by atoms with Gasteiger partial charge in [0.2, 0.25) is 0 Å². The number of fused-ring (bicyclic) bond motifs is 2. The second-order valence-corrected chi connectivity index (χ2v) is 6.78. The van der Waals surface area contributed by atoms with E-state index in [1.54, 1.807) is 0 Å². The number of esters is 1. The number of hydrogen-bond acceptors (Lipinski definition) is 2. The molecule has 3 aliphatic carbocycles. The Kier molecular flexibility index (Phi) is 2.72. The van der Waals surface area contributed by atoms with Crippen molar-refractivity contribution in [2.45, 2.75) is 64.9 Å². The zero-order valence-electron chi connectivity index (χ0n) is 11.1. The molecule has 0 aromatic carbocycles. The Hall–Kier alpha value is -0.530. The minimum atomic E-state index is 0.0417. The highest BCUT2D eigenvalue weighted by Gasteiger charge is 2.57. The molecule has 0 saturated heterocycles. The highest BCUT2D eigenvalue weighted by molar-refractivity contribution is 5.73. The summed E-state index contributed by atoms with van der Waals surface area (Å²) < 4.78 is 5.39. The second kappa shape index (κ2) is 4.00. The molecule has 3 rings (SSSR count). The van der Waals surface area contributed by atoms with Crippen molar-refractivity contribution in [2.75, 3.05) is 0 Å². The van der Waals surface area contributed by atoms with Gasteiger partial charge in [-0.25, -0.2) is 0 Å². The minimum absolute atomic E-state index is 0.0417. The first-order valence-electron chi connectivity index (χ1n) is 7.31. The van der Waals surface area contributed by atoms with Gasteiger partial charge >= 0.3 is 5.97 Å². The molecule has 3 fully saturated rings. The van der Waals surface area contributed by atoms with Crippen LogP contribution < -0.4 is 0 Å². The quantitative estimate of drug-likeness (QED) is 0.685. The van der Waals surface area contributed by atoms with Crippen molar-refractivity contribution < 1.29 is 9.53 Å². The zero-order valence-corrected chi connectivity index (χ0v) is 11.1. The van der Waals surface area contributed by atoms with Crippen LogP contribution in [0.5, 0.6) is 0 Å². The molecule has 0 aliphatic heterocycles. The molecule has 0 bridgehead atoms. The van der Waals surface area contributed by atoms with Crippen LogP contribution in [0.4, 0.5) is 0 Å². The molecule has 1 spiro atoms. The van der Waals surface area contributed by atoms with Gasteiger partial charge in [-0.1, -0.05) is 12.8 Å². The Morgan fingerprint density at radius 3 is 2.65 bits per heavy atom. The van der Waals surface area contributed by atoms with Crippen molar-refractivity contribution in [3.05, 3.63) is 0 Å². The molecule has 3 saturated carbocycles. The van der Waals surface area contributed by atoms with E-state index < -0.39 is 0 Å². The summed E-state index contributed by atoms with van der Waals surface area (Å²) in [6.07, 6.45) is 9.32. The molecular weight excluding hydrogens is 212 g/mol. The molecule has 2 nitrogen and oxygen atoms in total. The molecule has 0 aromatic rings. The summed E-state index contributed by atoms with van der Waals surface area (Å²) in [6, 6.07) is 0. The molecule has 2 unspecified atom stereocenters. The molecule has 2 heteroatoms. The third kappa shape index (κ3) is 2.00. The summed E-state index contributed by atoms with van der Waals surface area (Å²) in [5.74, 6) is 1.96. The van der Waals surface area contributed by atoms with Crippen molar-refractivity contribution in [2.24, 2.45) is 23.2 Å². The number of carbonyl (C=O) groups is 1. The van der Waals surface area contributed by atoms with E-state index in [0.29, 0.717) is 5.41 Å². The summed E-state index contributed by atoms with van der Waals surface area (Å²) in [7, 11) is 0. The summed E-state index contributed by atoms with van der Waals surface area (Å²) >= 11 is 0. The van der Waals surface area contributed by atoms with Gasteiger partial charge in [-0.15, -0.1) is 0 Å². The van der Waals surface area contributed by atoms with E-state index in [1.165, 1.54) is 32.1 Å². The van der Waals surface area contributed by atoms with E-state index in [0.717, 1.165) is 24.7 Å². The smallest absolute Gasteiger partial charge is 0.309 e. The van der Waals surface area contributed by atoms with Crippen LogP contribution in [0.2, 0.25) is 0 Å². The standard InChI is InChI=1S/C15H24O2/c1-10(2)17-14(16)12-8-11-4-3-5-15(6-7-15)13(11)9-12/h10-13H,3-9H2,1-2H3/t11-,12?,13?/m1/s1. The predicted octanol–water partition coefficient (Wildman–Crippen LogP) is 3.54. The fourth-order valence-electron chi connectivity index (χ4n) is 4.40. The second-order valence-electron chi connectivity index (χ2n) is 6.78. The molecule has 3 atom stereocenters. The summed E-state index contributed by atoms with van der Waals surface area (Å²) in [4.78, 5) is 12.0. The summed E-state index contributed by atoms with van der Waals surface area (Å²) in [6.45, 7) is 3.89. The van der Waals surface area contributed by atoms with Crippen molar-refractivity contribution in [1.82, 2.24) is 0 Å². The van der Waals surface area contributed by atoms with E-state index in [4.69, 9.17) is 4.74 Å². The van der Waals surface area contributed by atoms with E-state index in [1.807, 2.05) is 13.8 Å². The van der Waals surface area contributed by atoms with E-state index in [-0.39, 0.29) is 18.0 Å². The van der Waals surface area contributed by atoms with Crippen LogP contribution in [-0.2, 0) is 9.53 Å². The first-order valence-corrected chi connectivity index (χ1v) is 7.31. The normalized spacial score (nSPS) is 38.2. The average molecular weight is 236 g/mol. The highest BCUT2D eigenvalue weighted by Crippen LogP contribution is 2.65. The lowest BCUT2D eigenvalue weighted by Crippen LogP contribution is -2.25. The molecule has 0 amide bonds. The van der Waals surface area contributed by atoms with Crippen LogP contribution in [0.25, 0.3) is 0 Å². The van der Waals surface area contributed by atoms with Gasteiger partial charge in [-0.3, -0.25) is 4.79 Å². The topological polar surface area (TPSA) is 26.3 Å². The lowest BCUT2D eigenvalue weighted by molar-refractivity contribution is -0.152.